The summed E-state index contributed by atoms with van der Waals surface area (Å²) in [6.45, 7) is 2.68. The van der Waals surface area contributed by atoms with Gasteiger partial charge < -0.3 is 10.4 Å². The van der Waals surface area contributed by atoms with Gasteiger partial charge in [0.25, 0.3) is 5.91 Å². The largest absolute Gasteiger partial charge is 0.396 e. The molecule has 3 rings (SSSR count). The number of benzene rings is 1. The summed E-state index contributed by atoms with van der Waals surface area (Å²) in [6, 6.07) is 11.8. The maximum absolute atomic E-state index is 12.4. The highest BCUT2D eigenvalue weighted by molar-refractivity contribution is 5.96. The smallest absolute Gasteiger partial charge is 0.253 e. The Bertz CT molecular complexity index is 845. The van der Waals surface area contributed by atoms with Gasteiger partial charge in [0.2, 0.25) is 0 Å². The first-order chi connectivity index (χ1) is 12.2. The number of carbonyl (C=O) groups is 1. The normalized spacial score (nSPS) is 12.2. The van der Waals surface area contributed by atoms with Crippen molar-refractivity contribution in [3.05, 3.63) is 59.9 Å². The minimum atomic E-state index is -0.175. The van der Waals surface area contributed by atoms with Crippen molar-refractivity contribution in [2.45, 2.75) is 32.4 Å². The molecule has 2 N–H and O–H groups in total. The molecule has 2 aromatic heterocycles. The van der Waals surface area contributed by atoms with Crippen molar-refractivity contribution >= 4 is 16.9 Å². The molecule has 0 saturated heterocycles. The summed E-state index contributed by atoms with van der Waals surface area (Å²) in [6.07, 6.45) is 4.63. The van der Waals surface area contributed by atoms with Crippen LogP contribution in [0.4, 0.5) is 0 Å². The van der Waals surface area contributed by atoms with Crippen molar-refractivity contribution < 1.29 is 9.90 Å². The van der Waals surface area contributed by atoms with Crippen LogP contribution in [0, 0.1) is 0 Å². The van der Waals surface area contributed by atoms with E-state index < -0.39 is 0 Å². The summed E-state index contributed by atoms with van der Waals surface area (Å²) in [5, 5.41) is 17.2. The third kappa shape index (κ3) is 4.03. The lowest BCUT2D eigenvalue weighted by molar-refractivity contribution is 0.0929. The Kier molecular flexibility index (Phi) is 5.40. The van der Waals surface area contributed by atoms with E-state index in [1.807, 2.05) is 41.9 Å². The van der Waals surface area contributed by atoms with Gasteiger partial charge in [0, 0.05) is 24.2 Å². The van der Waals surface area contributed by atoms with Gasteiger partial charge in [-0.05, 0) is 24.5 Å². The highest BCUT2D eigenvalue weighted by atomic mass is 16.3. The lowest BCUT2D eigenvalue weighted by atomic mass is 10.1. The van der Waals surface area contributed by atoms with Crippen LogP contribution in [-0.2, 0) is 6.54 Å². The molecule has 0 bridgehead atoms. The van der Waals surface area contributed by atoms with E-state index in [4.69, 9.17) is 5.11 Å². The summed E-state index contributed by atoms with van der Waals surface area (Å²) in [4.78, 5) is 16.8. The minimum Gasteiger partial charge on any atom is -0.396 e. The number of aromatic nitrogens is 3. The van der Waals surface area contributed by atoms with E-state index in [0.29, 0.717) is 18.5 Å². The monoisotopic (exact) mass is 338 g/mol. The Morgan fingerprint density at radius 2 is 2.08 bits per heavy atom. The van der Waals surface area contributed by atoms with Gasteiger partial charge in [0.1, 0.15) is 0 Å². The van der Waals surface area contributed by atoms with Crippen molar-refractivity contribution in [1.29, 1.82) is 0 Å². The van der Waals surface area contributed by atoms with Gasteiger partial charge in [-0.15, -0.1) is 0 Å². The molecule has 1 unspecified atom stereocenters. The van der Waals surface area contributed by atoms with Gasteiger partial charge in [0.05, 0.1) is 18.3 Å². The summed E-state index contributed by atoms with van der Waals surface area (Å²) in [5.74, 6) is -0.175. The van der Waals surface area contributed by atoms with E-state index in [-0.39, 0.29) is 18.6 Å². The molecule has 1 atom stereocenters. The predicted octanol–water partition coefficient (Wildman–Crippen LogP) is 2.37. The standard InChI is InChI=1S/C19H22N4O2/c1-2-17(8-9-24)22-19(25)16-10-15-12-21-23(18(15)20-11-16)13-14-6-4-3-5-7-14/h3-7,10-12,17,24H,2,8-9,13H2,1H3,(H,22,25). The fourth-order valence-electron chi connectivity index (χ4n) is 2.77. The van der Waals surface area contributed by atoms with Crippen LogP contribution in [0.25, 0.3) is 11.0 Å². The maximum Gasteiger partial charge on any atom is 0.253 e. The predicted molar refractivity (Wildman–Crippen MR) is 96.3 cm³/mol. The van der Waals surface area contributed by atoms with E-state index in [9.17, 15) is 4.79 Å². The summed E-state index contributed by atoms with van der Waals surface area (Å²) >= 11 is 0. The van der Waals surface area contributed by atoms with E-state index in [1.165, 1.54) is 0 Å². The molecule has 0 saturated carbocycles. The maximum atomic E-state index is 12.4. The number of carbonyl (C=O) groups excluding carboxylic acids is 1. The Morgan fingerprint density at radius 1 is 1.28 bits per heavy atom. The molecule has 0 aliphatic carbocycles. The van der Waals surface area contributed by atoms with Crippen LogP contribution in [0.15, 0.2) is 48.8 Å². The Hall–Kier alpha value is -2.73. The summed E-state index contributed by atoms with van der Waals surface area (Å²) < 4.78 is 1.83. The number of rotatable bonds is 7. The summed E-state index contributed by atoms with van der Waals surface area (Å²) in [7, 11) is 0. The Morgan fingerprint density at radius 3 is 2.80 bits per heavy atom. The van der Waals surface area contributed by atoms with Gasteiger partial charge in [-0.2, -0.15) is 5.10 Å². The molecule has 1 amide bonds. The SMILES string of the molecule is CCC(CCO)NC(=O)c1cnc2c(cnn2Cc2ccccc2)c1. The first kappa shape index (κ1) is 17.1. The van der Waals surface area contributed by atoms with Crippen LogP contribution in [0.3, 0.4) is 0 Å². The van der Waals surface area contributed by atoms with Crippen LogP contribution in [0.2, 0.25) is 0 Å². The number of pyridine rings is 1. The third-order valence-electron chi connectivity index (χ3n) is 4.22. The van der Waals surface area contributed by atoms with Crippen LogP contribution in [0.1, 0.15) is 35.7 Å². The number of amides is 1. The molecule has 1 aromatic carbocycles. The lowest BCUT2D eigenvalue weighted by Gasteiger charge is -2.15. The quantitative estimate of drug-likeness (QED) is 0.693. The topological polar surface area (TPSA) is 80.0 Å². The van der Waals surface area contributed by atoms with Crippen molar-refractivity contribution in [2.75, 3.05) is 6.61 Å². The first-order valence-corrected chi connectivity index (χ1v) is 8.48. The number of hydrogen-bond acceptors (Lipinski definition) is 4. The van der Waals surface area contributed by atoms with Crippen molar-refractivity contribution in [1.82, 2.24) is 20.1 Å². The van der Waals surface area contributed by atoms with Crippen molar-refractivity contribution in [3.8, 4) is 0 Å². The molecule has 130 valence electrons. The number of hydrogen-bond donors (Lipinski definition) is 2. The minimum absolute atomic E-state index is 0.0333. The highest BCUT2D eigenvalue weighted by Gasteiger charge is 2.14. The number of aliphatic hydroxyl groups is 1. The Balaban J connectivity index is 1.78. The van der Waals surface area contributed by atoms with Crippen LogP contribution >= 0.6 is 0 Å². The van der Waals surface area contributed by atoms with Crippen molar-refractivity contribution in [2.24, 2.45) is 0 Å². The number of nitrogens with one attached hydrogen (secondary N) is 1. The number of nitrogens with zero attached hydrogens (tertiary/aromatic N) is 3. The van der Waals surface area contributed by atoms with Gasteiger partial charge in [-0.3, -0.25) is 4.79 Å². The van der Waals surface area contributed by atoms with Gasteiger partial charge in [-0.1, -0.05) is 37.3 Å². The fraction of sp³-hybridized carbons (Fsp3) is 0.316. The zero-order valence-electron chi connectivity index (χ0n) is 14.2. The van der Waals surface area contributed by atoms with Crippen molar-refractivity contribution in [3.63, 3.8) is 0 Å². The van der Waals surface area contributed by atoms with Crippen LogP contribution in [-0.4, -0.2) is 38.4 Å². The summed E-state index contributed by atoms with van der Waals surface area (Å²) in [5.41, 5.74) is 2.40. The van der Waals surface area contributed by atoms with E-state index in [0.717, 1.165) is 23.0 Å². The first-order valence-electron chi connectivity index (χ1n) is 8.48. The average Bonchev–Trinajstić information content (AvgIpc) is 3.04. The molecular formula is C19H22N4O2. The fourth-order valence-corrected chi connectivity index (χ4v) is 2.77. The molecule has 6 nitrogen and oxygen atoms in total. The second kappa shape index (κ2) is 7.90. The van der Waals surface area contributed by atoms with Crippen LogP contribution < -0.4 is 5.32 Å². The molecule has 25 heavy (non-hydrogen) atoms. The molecule has 3 aromatic rings. The number of aliphatic hydroxyl groups excluding tert-OH is 1. The lowest BCUT2D eigenvalue weighted by Crippen LogP contribution is -2.35. The number of fused-ring (bicyclic) bond motifs is 1. The molecule has 2 heterocycles. The van der Waals surface area contributed by atoms with Gasteiger partial charge in [-0.25, -0.2) is 9.67 Å². The third-order valence-corrected chi connectivity index (χ3v) is 4.22. The molecular weight excluding hydrogens is 316 g/mol. The molecule has 6 heteroatoms. The Labute approximate surface area is 146 Å². The molecule has 0 spiro atoms. The van der Waals surface area contributed by atoms with E-state index in [1.54, 1.807) is 18.5 Å². The van der Waals surface area contributed by atoms with E-state index >= 15 is 0 Å². The zero-order valence-corrected chi connectivity index (χ0v) is 14.2. The van der Waals surface area contributed by atoms with Gasteiger partial charge in [0.15, 0.2) is 5.65 Å². The molecule has 0 aliphatic rings. The van der Waals surface area contributed by atoms with Gasteiger partial charge >= 0.3 is 0 Å². The molecule has 0 radical (unpaired) electrons. The second-order valence-corrected chi connectivity index (χ2v) is 6.02. The molecule has 0 aliphatic heterocycles. The van der Waals surface area contributed by atoms with Crippen LogP contribution in [0.5, 0.6) is 0 Å². The molecule has 0 fully saturated rings. The van der Waals surface area contributed by atoms with E-state index in [2.05, 4.69) is 15.4 Å². The highest BCUT2D eigenvalue weighted by Crippen LogP contribution is 2.15. The average molecular weight is 338 g/mol. The zero-order chi connectivity index (χ0) is 17.6. The second-order valence-electron chi connectivity index (χ2n) is 6.02.